The molecule has 1 nitrogen and oxygen atoms in total. The second-order valence-corrected chi connectivity index (χ2v) is 7.15. The van der Waals surface area contributed by atoms with Crippen LogP contribution in [-0.4, -0.2) is 31.2 Å². The maximum absolute atomic E-state index is 2.42. The van der Waals surface area contributed by atoms with Crippen molar-refractivity contribution in [2.75, 3.05) is 21.1 Å². The van der Waals surface area contributed by atoms with Crippen molar-refractivity contribution in [3.8, 4) is 0 Å². The Morgan fingerprint density at radius 2 is 1.13 bits per heavy atom. The summed E-state index contributed by atoms with van der Waals surface area (Å²) in [5.74, 6) is 3.29. The lowest BCUT2D eigenvalue weighted by atomic mass is 9.52. The first-order valence-corrected chi connectivity index (χ1v) is 6.30. The molecule has 0 aromatic heterocycles. The minimum atomic E-state index is 0. The summed E-state index contributed by atoms with van der Waals surface area (Å²) in [4.78, 5) is 0. The fourth-order valence-electron chi connectivity index (χ4n) is 4.89. The van der Waals surface area contributed by atoms with Gasteiger partial charge in [0.15, 0.2) is 0 Å². The summed E-state index contributed by atoms with van der Waals surface area (Å²) < 4.78 is 1.22. The molecule has 0 unspecified atom stereocenters. The van der Waals surface area contributed by atoms with Crippen LogP contribution >= 0.6 is 0 Å². The van der Waals surface area contributed by atoms with E-state index in [2.05, 4.69) is 21.1 Å². The Morgan fingerprint density at radius 3 is 1.40 bits per heavy atom. The SMILES string of the molecule is C[N+](C)(C)C12CC3CC(CC(C3)C1)C2.[F-]. The molecule has 0 amide bonds. The first-order valence-electron chi connectivity index (χ1n) is 6.30. The van der Waals surface area contributed by atoms with E-state index in [1.807, 2.05) is 0 Å². The normalized spacial score (nSPS) is 47.8. The third-order valence-electron chi connectivity index (χ3n) is 5.43. The molecule has 0 radical (unpaired) electrons. The number of nitrogens with zero attached hydrogens (tertiary/aromatic N) is 1. The van der Waals surface area contributed by atoms with E-state index in [0.29, 0.717) is 5.54 Å². The van der Waals surface area contributed by atoms with Gasteiger partial charge in [-0.05, 0) is 37.0 Å². The Balaban J connectivity index is 0.000000853. The zero-order chi connectivity index (χ0) is 9.97. The topological polar surface area (TPSA) is 0 Å². The summed E-state index contributed by atoms with van der Waals surface area (Å²) >= 11 is 0. The van der Waals surface area contributed by atoms with Crippen LogP contribution < -0.4 is 4.70 Å². The van der Waals surface area contributed by atoms with Crippen molar-refractivity contribution in [2.45, 2.75) is 44.1 Å². The van der Waals surface area contributed by atoms with Crippen LogP contribution in [-0.2, 0) is 0 Å². The maximum Gasteiger partial charge on any atom is 0.0994 e. The molecule has 4 bridgehead atoms. The molecule has 4 aliphatic rings. The minimum Gasteiger partial charge on any atom is -1.00 e. The molecule has 4 aliphatic carbocycles. The van der Waals surface area contributed by atoms with Gasteiger partial charge in [0.2, 0.25) is 0 Å². The summed E-state index contributed by atoms with van der Waals surface area (Å²) in [5.41, 5.74) is 0.675. The lowest BCUT2D eigenvalue weighted by Gasteiger charge is -2.61. The van der Waals surface area contributed by atoms with E-state index in [4.69, 9.17) is 0 Å². The molecule has 0 aromatic rings. The summed E-state index contributed by atoms with van der Waals surface area (Å²) in [7, 11) is 7.27. The highest BCUT2D eigenvalue weighted by Crippen LogP contribution is 2.58. The molecular weight excluding hydrogens is 189 g/mol. The Bertz CT molecular complexity index is 218. The molecule has 0 aliphatic heterocycles. The van der Waals surface area contributed by atoms with Gasteiger partial charge >= 0.3 is 0 Å². The Kier molecular flexibility index (Phi) is 2.42. The average Bonchev–Trinajstić information content (AvgIpc) is 1.98. The molecule has 0 N–H and O–H groups in total. The van der Waals surface area contributed by atoms with Crippen molar-refractivity contribution in [3.05, 3.63) is 0 Å². The lowest BCUT2D eigenvalue weighted by molar-refractivity contribution is -0.930. The van der Waals surface area contributed by atoms with Crippen LogP contribution in [0.4, 0.5) is 0 Å². The third kappa shape index (κ3) is 1.52. The van der Waals surface area contributed by atoms with Gasteiger partial charge in [0.25, 0.3) is 0 Å². The van der Waals surface area contributed by atoms with Crippen LogP contribution in [0, 0.1) is 17.8 Å². The van der Waals surface area contributed by atoms with Gasteiger partial charge in [-0.25, -0.2) is 0 Å². The van der Waals surface area contributed by atoms with Gasteiger partial charge in [-0.2, -0.15) is 0 Å². The van der Waals surface area contributed by atoms with Gasteiger partial charge in [-0.1, -0.05) is 0 Å². The fraction of sp³-hybridized carbons (Fsp3) is 1.00. The van der Waals surface area contributed by atoms with Crippen LogP contribution in [0.5, 0.6) is 0 Å². The van der Waals surface area contributed by atoms with E-state index in [1.54, 1.807) is 19.3 Å². The van der Waals surface area contributed by atoms with Gasteiger partial charge in [-0.15, -0.1) is 0 Å². The van der Waals surface area contributed by atoms with Gasteiger partial charge in [0.1, 0.15) is 0 Å². The third-order valence-corrected chi connectivity index (χ3v) is 5.43. The number of halogens is 1. The quantitative estimate of drug-likeness (QED) is 0.523. The molecule has 88 valence electrons. The largest absolute Gasteiger partial charge is 1.00 e. The molecule has 0 aromatic carbocycles. The first kappa shape index (κ1) is 11.4. The number of hydrogen-bond donors (Lipinski definition) is 0. The van der Waals surface area contributed by atoms with E-state index in [9.17, 15) is 0 Å². The van der Waals surface area contributed by atoms with Crippen molar-refractivity contribution in [1.82, 2.24) is 0 Å². The molecule has 0 saturated heterocycles. The molecule has 4 saturated carbocycles. The maximum atomic E-state index is 2.42. The predicted molar refractivity (Wildman–Crippen MR) is 58.9 cm³/mol. The molecule has 0 atom stereocenters. The molecule has 4 rings (SSSR count). The lowest BCUT2D eigenvalue weighted by Crippen LogP contribution is -3.00. The second-order valence-electron chi connectivity index (χ2n) is 7.15. The van der Waals surface area contributed by atoms with Crippen molar-refractivity contribution in [1.29, 1.82) is 0 Å². The summed E-state index contributed by atoms with van der Waals surface area (Å²) in [5, 5.41) is 0. The summed E-state index contributed by atoms with van der Waals surface area (Å²) in [6.07, 6.45) is 9.30. The van der Waals surface area contributed by atoms with Crippen molar-refractivity contribution < 1.29 is 9.19 Å². The highest BCUT2D eigenvalue weighted by molar-refractivity contribution is 5.02. The van der Waals surface area contributed by atoms with Gasteiger partial charge < -0.3 is 9.19 Å². The average molecular weight is 213 g/mol. The standard InChI is InChI=1S/C13H24N.FH/c1-14(2,3)13-7-10-4-11(8-13)6-12(5-10)9-13;/h10-12H,4-9H2,1-3H3;1H/q+1;/p-1. The number of rotatable bonds is 1. The van der Waals surface area contributed by atoms with E-state index >= 15 is 0 Å². The molecule has 0 heterocycles. The van der Waals surface area contributed by atoms with Crippen molar-refractivity contribution in [3.63, 3.8) is 0 Å². The number of quaternary nitrogens is 1. The first-order chi connectivity index (χ1) is 6.48. The highest BCUT2D eigenvalue weighted by atomic mass is 19.0. The number of hydrogen-bond acceptors (Lipinski definition) is 0. The van der Waals surface area contributed by atoms with Gasteiger partial charge in [0.05, 0.1) is 26.7 Å². The monoisotopic (exact) mass is 213 g/mol. The highest BCUT2D eigenvalue weighted by Gasteiger charge is 2.57. The van der Waals surface area contributed by atoms with Crippen LogP contribution in [0.25, 0.3) is 0 Å². The van der Waals surface area contributed by atoms with Gasteiger partial charge in [-0.3, -0.25) is 0 Å². The fourth-order valence-corrected chi connectivity index (χ4v) is 4.89. The predicted octanol–water partition coefficient (Wildman–Crippen LogP) is -0.335. The molecule has 15 heavy (non-hydrogen) atoms. The summed E-state index contributed by atoms with van der Waals surface area (Å²) in [6.45, 7) is 0. The van der Waals surface area contributed by atoms with E-state index in [1.165, 1.54) is 23.7 Å². The van der Waals surface area contributed by atoms with Crippen LogP contribution in [0.1, 0.15) is 38.5 Å². The van der Waals surface area contributed by atoms with Gasteiger partial charge in [0, 0.05) is 19.3 Å². The second kappa shape index (κ2) is 3.19. The van der Waals surface area contributed by atoms with E-state index in [-0.39, 0.29) is 4.70 Å². The van der Waals surface area contributed by atoms with Crippen LogP contribution in [0.15, 0.2) is 0 Å². The molecule has 4 fully saturated rings. The molecular formula is C13H24FN. The summed E-state index contributed by atoms with van der Waals surface area (Å²) in [6, 6.07) is 0. The zero-order valence-corrected chi connectivity index (χ0v) is 10.3. The minimum absolute atomic E-state index is 0. The smallest absolute Gasteiger partial charge is 0.0994 e. The Hall–Kier alpha value is -0.110. The van der Waals surface area contributed by atoms with Crippen molar-refractivity contribution in [2.24, 2.45) is 17.8 Å². The van der Waals surface area contributed by atoms with E-state index < -0.39 is 0 Å². The van der Waals surface area contributed by atoms with E-state index in [0.717, 1.165) is 17.8 Å². The van der Waals surface area contributed by atoms with Crippen molar-refractivity contribution >= 4 is 0 Å². The Labute approximate surface area is 92.8 Å². The molecule has 0 spiro atoms. The van der Waals surface area contributed by atoms with Crippen LogP contribution in [0.2, 0.25) is 0 Å². The molecule has 2 heteroatoms. The zero-order valence-electron chi connectivity index (χ0n) is 10.3. The Morgan fingerprint density at radius 1 is 0.800 bits per heavy atom. The van der Waals surface area contributed by atoms with Crippen LogP contribution in [0.3, 0.4) is 0 Å².